The van der Waals surface area contributed by atoms with Crippen molar-refractivity contribution in [1.29, 1.82) is 0 Å². The molecule has 20 heavy (non-hydrogen) atoms. The van der Waals surface area contributed by atoms with Crippen molar-refractivity contribution in [3.8, 4) is 0 Å². The molecule has 4 nitrogen and oxygen atoms in total. The van der Waals surface area contributed by atoms with Gasteiger partial charge < -0.3 is 14.6 Å². The first-order valence-corrected chi connectivity index (χ1v) is 7.04. The summed E-state index contributed by atoms with van der Waals surface area (Å²) < 4.78 is 5.43. The van der Waals surface area contributed by atoms with Gasteiger partial charge in [-0.3, -0.25) is 4.79 Å². The molecule has 0 rings (SSSR count). The molecule has 0 bridgehead atoms. The van der Waals surface area contributed by atoms with E-state index in [9.17, 15) is 14.7 Å². The molecule has 0 fully saturated rings. The van der Waals surface area contributed by atoms with Crippen LogP contribution in [0.2, 0.25) is 0 Å². The number of esters is 1. The van der Waals surface area contributed by atoms with E-state index in [0.717, 1.165) is 32.1 Å². The van der Waals surface area contributed by atoms with E-state index in [0.29, 0.717) is 0 Å². The Kier molecular flexibility index (Phi) is 10.9. The average Bonchev–Trinajstić information content (AvgIpc) is 2.21. The summed E-state index contributed by atoms with van der Waals surface area (Å²) in [5.41, 5.74) is -0.881. The van der Waals surface area contributed by atoms with Gasteiger partial charge in [0, 0.05) is 5.41 Å². The van der Waals surface area contributed by atoms with Crippen LogP contribution in [-0.4, -0.2) is 17.5 Å². The summed E-state index contributed by atoms with van der Waals surface area (Å²) >= 11 is 0. The van der Waals surface area contributed by atoms with E-state index in [2.05, 4.69) is 6.92 Å². The molecule has 0 aliphatic heterocycles. The molecule has 0 N–H and O–H groups in total. The number of carbonyl (C=O) groups is 2. The third kappa shape index (κ3) is 8.28. The number of ether oxygens (including phenoxy) is 1. The fourth-order valence-corrected chi connectivity index (χ4v) is 1.87. The number of unbranched alkanes of at least 4 members (excludes halogenated alkanes) is 3. The van der Waals surface area contributed by atoms with Gasteiger partial charge in [-0.05, 0) is 19.8 Å². The summed E-state index contributed by atoms with van der Waals surface area (Å²) in [6, 6.07) is 0. The number of rotatable bonds is 8. The predicted octanol–water partition coefficient (Wildman–Crippen LogP) is -0.551. The Hall–Kier alpha value is -0.0600. The molecule has 0 aliphatic carbocycles. The second kappa shape index (κ2) is 9.80. The van der Waals surface area contributed by atoms with Crippen molar-refractivity contribution in [2.45, 2.75) is 78.7 Å². The molecule has 0 aromatic carbocycles. The minimum absolute atomic E-state index is 0. The monoisotopic (exact) mass is 294 g/mol. The molecule has 1 atom stereocenters. The topological polar surface area (TPSA) is 66.4 Å². The summed E-state index contributed by atoms with van der Waals surface area (Å²) in [5, 5.41) is 10.4. The van der Waals surface area contributed by atoms with Gasteiger partial charge >= 0.3 is 35.5 Å². The molecule has 0 aromatic rings. The molecule has 0 heterocycles. The average molecular weight is 294 g/mol. The van der Waals surface area contributed by atoms with E-state index < -0.39 is 24.0 Å². The molecule has 0 spiro atoms. The minimum atomic E-state index is -1.40. The molecule has 5 heteroatoms. The van der Waals surface area contributed by atoms with Crippen LogP contribution < -0.4 is 34.7 Å². The van der Waals surface area contributed by atoms with Crippen molar-refractivity contribution >= 4 is 11.9 Å². The van der Waals surface area contributed by atoms with Gasteiger partial charge in [0.25, 0.3) is 0 Å². The Balaban J connectivity index is 0. The molecule has 0 aromatic heterocycles. The van der Waals surface area contributed by atoms with E-state index in [4.69, 9.17) is 4.74 Å². The number of carbonyl (C=O) groups excluding carboxylic acids is 2. The van der Waals surface area contributed by atoms with Crippen molar-refractivity contribution in [3.63, 3.8) is 0 Å². The molecule has 0 radical (unpaired) electrons. The Morgan fingerprint density at radius 2 is 1.60 bits per heavy atom. The summed E-state index contributed by atoms with van der Waals surface area (Å²) in [6.45, 7) is 10.0. The van der Waals surface area contributed by atoms with Gasteiger partial charge in [-0.25, -0.2) is 0 Å². The summed E-state index contributed by atoms with van der Waals surface area (Å²) in [5.74, 6) is -2.11. The standard InChI is InChI=1S/C15H28O4.Na/c1-6-7-8-9-10-15(5,14(2,3)4)19-13(18)11-12(16)17;/h6-11H2,1-5H3,(H,16,17);/q;+1/p-1. The molecule has 0 saturated heterocycles. The van der Waals surface area contributed by atoms with Crippen LogP contribution in [0.4, 0.5) is 0 Å². The van der Waals surface area contributed by atoms with Crippen LogP contribution in [0, 0.1) is 5.41 Å². The van der Waals surface area contributed by atoms with Gasteiger partial charge in [-0.1, -0.05) is 47.0 Å². The van der Waals surface area contributed by atoms with E-state index in [1.807, 2.05) is 27.7 Å². The molecule has 1 unspecified atom stereocenters. The van der Waals surface area contributed by atoms with Gasteiger partial charge in [0.05, 0.1) is 12.4 Å². The molecular formula is C15H27NaO4. The molecule has 0 saturated carbocycles. The zero-order valence-electron chi connectivity index (χ0n) is 13.9. The first-order chi connectivity index (χ1) is 8.62. The van der Waals surface area contributed by atoms with E-state index in [1.54, 1.807) is 0 Å². The van der Waals surface area contributed by atoms with E-state index in [-0.39, 0.29) is 35.0 Å². The first-order valence-electron chi connectivity index (χ1n) is 7.04. The van der Waals surface area contributed by atoms with Crippen LogP contribution in [0.5, 0.6) is 0 Å². The molecule has 112 valence electrons. The third-order valence-electron chi connectivity index (χ3n) is 3.72. The maximum Gasteiger partial charge on any atom is 1.00 e. The second-order valence-electron chi connectivity index (χ2n) is 6.31. The van der Waals surface area contributed by atoms with E-state index in [1.165, 1.54) is 0 Å². The number of hydrogen-bond donors (Lipinski definition) is 0. The first kappa shape index (κ1) is 22.2. The summed E-state index contributed by atoms with van der Waals surface area (Å²) in [7, 11) is 0. The quantitative estimate of drug-likeness (QED) is 0.261. The van der Waals surface area contributed by atoms with Gasteiger partial charge in [0.1, 0.15) is 5.60 Å². The van der Waals surface area contributed by atoms with Gasteiger partial charge in [-0.2, -0.15) is 0 Å². The van der Waals surface area contributed by atoms with Crippen molar-refractivity contribution in [3.05, 3.63) is 0 Å². The van der Waals surface area contributed by atoms with Gasteiger partial charge in [0.15, 0.2) is 0 Å². The van der Waals surface area contributed by atoms with Crippen molar-refractivity contribution in [2.24, 2.45) is 5.41 Å². The third-order valence-corrected chi connectivity index (χ3v) is 3.72. The van der Waals surface area contributed by atoms with Crippen LogP contribution in [0.15, 0.2) is 0 Å². The van der Waals surface area contributed by atoms with Crippen LogP contribution in [0.25, 0.3) is 0 Å². The van der Waals surface area contributed by atoms with Gasteiger partial charge in [-0.15, -0.1) is 0 Å². The van der Waals surface area contributed by atoms with Crippen LogP contribution in [0.3, 0.4) is 0 Å². The maximum absolute atomic E-state index is 11.6. The summed E-state index contributed by atoms with van der Waals surface area (Å²) in [6.07, 6.45) is 4.44. The smallest absolute Gasteiger partial charge is 0.550 e. The SMILES string of the molecule is CCCCCCC(C)(OC(=O)CC(=O)[O-])C(C)(C)C.[Na+]. The fraction of sp³-hybridized carbons (Fsp3) is 0.867. The van der Waals surface area contributed by atoms with Crippen LogP contribution in [-0.2, 0) is 14.3 Å². The largest absolute Gasteiger partial charge is 1.00 e. The summed E-state index contributed by atoms with van der Waals surface area (Å²) in [4.78, 5) is 22.0. The molecule has 0 aliphatic rings. The zero-order chi connectivity index (χ0) is 15.1. The molecular weight excluding hydrogens is 267 g/mol. The Bertz CT molecular complexity index is 309. The van der Waals surface area contributed by atoms with Crippen LogP contribution in [0.1, 0.15) is 73.1 Å². The number of hydrogen-bond acceptors (Lipinski definition) is 4. The van der Waals surface area contributed by atoms with Crippen molar-refractivity contribution in [2.75, 3.05) is 0 Å². The number of carboxylic acids is 1. The second-order valence-corrected chi connectivity index (χ2v) is 6.31. The van der Waals surface area contributed by atoms with Crippen molar-refractivity contribution in [1.82, 2.24) is 0 Å². The molecule has 0 amide bonds. The number of aliphatic carboxylic acids is 1. The predicted molar refractivity (Wildman–Crippen MR) is 72.3 cm³/mol. The Labute approximate surface area is 144 Å². The van der Waals surface area contributed by atoms with E-state index >= 15 is 0 Å². The van der Waals surface area contributed by atoms with Crippen LogP contribution >= 0.6 is 0 Å². The Morgan fingerprint density at radius 1 is 1.05 bits per heavy atom. The maximum atomic E-state index is 11.6. The normalized spacial score (nSPS) is 14.1. The number of carboxylic acid groups (broad SMARTS) is 1. The minimum Gasteiger partial charge on any atom is -0.550 e. The fourth-order valence-electron chi connectivity index (χ4n) is 1.87. The van der Waals surface area contributed by atoms with Gasteiger partial charge in [0.2, 0.25) is 0 Å². The zero-order valence-corrected chi connectivity index (χ0v) is 15.9. The van der Waals surface area contributed by atoms with Crippen molar-refractivity contribution < 1.29 is 49.0 Å². The Morgan fingerprint density at radius 3 is 2.00 bits per heavy atom.